The molecule has 0 aromatic carbocycles. The van der Waals surface area contributed by atoms with Crippen LogP contribution in [0.15, 0.2) is 0 Å². The normalized spacial score (nSPS) is 30.4. The zero-order valence-electron chi connectivity index (χ0n) is 14.1. The monoisotopic (exact) mass is 310 g/mol. The summed E-state index contributed by atoms with van der Waals surface area (Å²) in [6, 6.07) is 1.05. The van der Waals surface area contributed by atoms with Crippen LogP contribution in [-0.4, -0.2) is 73.3 Å². The number of hydrogen-bond donors (Lipinski definition) is 0. The number of ether oxygens (including phenoxy) is 2. The molecule has 3 aliphatic heterocycles. The van der Waals surface area contributed by atoms with Crippen molar-refractivity contribution in [3.8, 4) is 0 Å². The fourth-order valence-electron chi connectivity index (χ4n) is 4.28. The molecule has 1 atom stereocenters. The van der Waals surface area contributed by atoms with Crippen LogP contribution in [0.4, 0.5) is 0 Å². The Kier molecular flexibility index (Phi) is 5.05. The van der Waals surface area contributed by atoms with Crippen LogP contribution < -0.4 is 0 Å². The van der Waals surface area contributed by atoms with Gasteiger partial charge in [-0.2, -0.15) is 0 Å². The highest BCUT2D eigenvalue weighted by Crippen LogP contribution is 2.37. The zero-order valence-corrected chi connectivity index (χ0v) is 14.1. The van der Waals surface area contributed by atoms with Crippen molar-refractivity contribution in [1.29, 1.82) is 0 Å². The summed E-state index contributed by atoms with van der Waals surface area (Å²) in [6.07, 6.45) is 6.53. The first-order chi connectivity index (χ1) is 10.6. The lowest BCUT2D eigenvalue weighted by Gasteiger charge is -2.49. The summed E-state index contributed by atoms with van der Waals surface area (Å²) in [6.45, 7) is 6.53. The summed E-state index contributed by atoms with van der Waals surface area (Å²) in [5.41, 5.74) is 0.00823. The number of piperidine rings is 1. The second kappa shape index (κ2) is 6.85. The number of amides is 1. The van der Waals surface area contributed by atoms with Crippen molar-refractivity contribution in [2.45, 2.75) is 63.1 Å². The fourth-order valence-corrected chi connectivity index (χ4v) is 4.28. The zero-order chi connectivity index (χ0) is 15.6. The van der Waals surface area contributed by atoms with E-state index in [2.05, 4.69) is 4.90 Å². The minimum atomic E-state index is 0.00823. The highest BCUT2D eigenvalue weighted by Gasteiger charge is 2.42. The van der Waals surface area contributed by atoms with Crippen LogP contribution in [0, 0.1) is 0 Å². The molecule has 3 aliphatic rings. The van der Waals surface area contributed by atoms with Gasteiger partial charge in [0.05, 0.1) is 5.60 Å². The van der Waals surface area contributed by atoms with Gasteiger partial charge in [0.25, 0.3) is 0 Å². The van der Waals surface area contributed by atoms with Gasteiger partial charge in [0.1, 0.15) is 0 Å². The Labute approximate surface area is 133 Å². The molecule has 1 spiro atoms. The van der Waals surface area contributed by atoms with Gasteiger partial charge in [-0.25, -0.2) is 0 Å². The van der Waals surface area contributed by atoms with Crippen LogP contribution in [-0.2, 0) is 14.3 Å². The highest BCUT2D eigenvalue weighted by molar-refractivity contribution is 5.73. The van der Waals surface area contributed by atoms with Crippen molar-refractivity contribution in [2.75, 3.05) is 40.0 Å². The molecular formula is C17H30N2O3. The van der Waals surface area contributed by atoms with Crippen molar-refractivity contribution in [2.24, 2.45) is 0 Å². The van der Waals surface area contributed by atoms with Crippen molar-refractivity contribution >= 4 is 5.91 Å². The Morgan fingerprint density at radius 2 is 1.82 bits per heavy atom. The lowest BCUT2D eigenvalue weighted by molar-refractivity contribution is -0.149. The van der Waals surface area contributed by atoms with Gasteiger partial charge in [-0.3, -0.25) is 9.69 Å². The molecule has 0 radical (unpaired) electrons. The van der Waals surface area contributed by atoms with E-state index in [9.17, 15) is 4.79 Å². The topological polar surface area (TPSA) is 42.0 Å². The maximum absolute atomic E-state index is 11.6. The summed E-state index contributed by atoms with van der Waals surface area (Å²) in [5.74, 6) is 0.168. The third kappa shape index (κ3) is 3.47. The molecule has 126 valence electrons. The highest BCUT2D eigenvalue weighted by atomic mass is 16.5. The maximum atomic E-state index is 11.6. The van der Waals surface area contributed by atoms with Gasteiger partial charge in [0.15, 0.2) is 0 Å². The predicted molar refractivity (Wildman–Crippen MR) is 84.8 cm³/mol. The van der Waals surface area contributed by atoms with Crippen LogP contribution >= 0.6 is 0 Å². The predicted octanol–water partition coefficient (Wildman–Crippen LogP) is 1.66. The van der Waals surface area contributed by atoms with Crippen LogP contribution in [0.1, 0.15) is 45.4 Å². The van der Waals surface area contributed by atoms with Gasteiger partial charge in [-0.15, -0.1) is 0 Å². The Morgan fingerprint density at radius 3 is 2.45 bits per heavy atom. The first-order valence-corrected chi connectivity index (χ1v) is 8.79. The lowest BCUT2D eigenvalue weighted by Crippen LogP contribution is -2.55. The van der Waals surface area contributed by atoms with E-state index < -0.39 is 0 Å². The first-order valence-electron chi connectivity index (χ1n) is 8.79. The maximum Gasteiger partial charge on any atom is 0.219 e. The average molecular weight is 310 g/mol. The number of likely N-dealkylation sites (tertiary alicyclic amines) is 1. The summed E-state index contributed by atoms with van der Waals surface area (Å²) in [5, 5.41) is 0. The largest absolute Gasteiger partial charge is 0.381 e. The number of nitrogens with zero attached hydrogens (tertiary/aromatic N) is 2. The minimum Gasteiger partial charge on any atom is -0.381 e. The second-order valence-electron chi connectivity index (χ2n) is 7.19. The second-order valence-corrected chi connectivity index (χ2v) is 7.19. The van der Waals surface area contributed by atoms with E-state index in [1.807, 2.05) is 11.9 Å². The Bertz CT molecular complexity index is 387. The van der Waals surface area contributed by atoms with E-state index in [1.54, 1.807) is 6.92 Å². The lowest BCUT2D eigenvalue weighted by atomic mass is 9.81. The average Bonchev–Trinajstić information content (AvgIpc) is 2.56. The number of carbonyl (C=O) groups excluding carboxylic acids is 1. The van der Waals surface area contributed by atoms with E-state index in [0.29, 0.717) is 12.1 Å². The SMILES string of the molecule is CC(=O)N(C)C1CCOC2(CCN(C3CCOCC3)CC2)C1. The van der Waals surface area contributed by atoms with Gasteiger partial charge in [0, 0.05) is 59.0 Å². The third-order valence-electron chi connectivity index (χ3n) is 5.93. The molecule has 3 fully saturated rings. The van der Waals surface area contributed by atoms with E-state index in [-0.39, 0.29) is 11.5 Å². The van der Waals surface area contributed by atoms with Crippen LogP contribution in [0.25, 0.3) is 0 Å². The molecule has 5 heteroatoms. The van der Waals surface area contributed by atoms with Crippen LogP contribution in [0.3, 0.4) is 0 Å². The van der Waals surface area contributed by atoms with Crippen molar-refractivity contribution in [1.82, 2.24) is 9.80 Å². The molecular weight excluding hydrogens is 280 g/mol. The van der Waals surface area contributed by atoms with E-state index in [4.69, 9.17) is 9.47 Å². The summed E-state index contributed by atoms with van der Waals surface area (Å²) in [4.78, 5) is 16.2. The molecule has 1 amide bonds. The Morgan fingerprint density at radius 1 is 1.14 bits per heavy atom. The number of hydrogen-bond acceptors (Lipinski definition) is 4. The van der Waals surface area contributed by atoms with E-state index in [0.717, 1.165) is 58.6 Å². The van der Waals surface area contributed by atoms with Crippen molar-refractivity contribution in [3.05, 3.63) is 0 Å². The van der Waals surface area contributed by atoms with Crippen LogP contribution in [0.2, 0.25) is 0 Å². The van der Waals surface area contributed by atoms with E-state index in [1.165, 1.54) is 12.8 Å². The fraction of sp³-hybridized carbons (Fsp3) is 0.941. The molecule has 3 saturated heterocycles. The quantitative estimate of drug-likeness (QED) is 0.778. The van der Waals surface area contributed by atoms with Gasteiger partial charge in [-0.1, -0.05) is 0 Å². The molecule has 22 heavy (non-hydrogen) atoms. The number of rotatable bonds is 2. The molecule has 0 aromatic heterocycles. The Hall–Kier alpha value is -0.650. The minimum absolute atomic E-state index is 0.00823. The molecule has 0 aliphatic carbocycles. The molecule has 3 heterocycles. The summed E-state index contributed by atoms with van der Waals surface area (Å²) < 4.78 is 11.7. The van der Waals surface area contributed by atoms with E-state index >= 15 is 0 Å². The molecule has 1 unspecified atom stereocenters. The standard InChI is InChI=1S/C17H30N2O3/c1-14(20)18(2)16-5-12-22-17(13-16)6-8-19(9-7-17)15-3-10-21-11-4-15/h15-16H,3-13H2,1-2H3. The van der Waals surface area contributed by atoms with Gasteiger partial charge >= 0.3 is 0 Å². The Balaban J connectivity index is 1.55. The molecule has 5 nitrogen and oxygen atoms in total. The molecule has 0 bridgehead atoms. The van der Waals surface area contributed by atoms with Crippen LogP contribution in [0.5, 0.6) is 0 Å². The molecule has 0 saturated carbocycles. The number of carbonyl (C=O) groups is 1. The smallest absolute Gasteiger partial charge is 0.219 e. The summed E-state index contributed by atoms with van der Waals surface area (Å²) >= 11 is 0. The van der Waals surface area contributed by atoms with Gasteiger partial charge in [-0.05, 0) is 38.5 Å². The molecule has 3 rings (SSSR count). The molecule has 0 N–H and O–H groups in total. The third-order valence-corrected chi connectivity index (χ3v) is 5.93. The van der Waals surface area contributed by atoms with Gasteiger partial charge < -0.3 is 14.4 Å². The molecule has 0 aromatic rings. The first kappa shape index (κ1) is 16.2. The van der Waals surface area contributed by atoms with Crippen molar-refractivity contribution in [3.63, 3.8) is 0 Å². The van der Waals surface area contributed by atoms with Crippen molar-refractivity contribution < 1.29 is 14.3 Å². The summed E-state index contributed by atoms with van der Waals surface area (Å²) in [7, 11) is 1.93. The van der Waals surface area contributed by atoms with Gasteiger partial charge in [0.2, 0.25) is 5.91 Å².